The van der Waals surface area contributed by atoms with Crippen molar-refractivity contribution in [1.82, 2.24) is 4.98 Å². The van der Waals surface area contributed by atoms with Crippen molar-refractivity contribution in [2.75, 3.05) is 13.2 Å². The number of hydrogen-bond acceptors (Lipinski definition) is 4. The van der Waals surface area contributed by atoms with Crippen LogP contribution in [0.15, 0.2) is 11.6 Å². The SMILES string of the molecule is OC(Cc1nccs1)C1CCCOC1. The Balaban J connectivity index is 1.85. The molecule has 1 aromatic rings. The van der Waals surface area contributed by atoms with E-state index in [1.165, 1.54) is 0 Å². The molecule has 2 unspecified atom stereocenters. The average Bonchev–Trinajstić information content (AvgIpc) is 2.72. The molecule has 0 aliphatic carbocycles. The molecule has 2 heterocycles. The van der Waals surface area contributed by atoms with E-state index in [-0.39, 0.29) is 6.10 Å². The molecule has 1 N–H and O–H groups in total. The van der Waals surface area contributed by atoms with Crippen LogP contribution in [0.25, 0.3) is 0 Å². The summed E-state index contributed by atoms with van der Waals surface area (Å²) in [5, 5.41) is 12.9. The van der Waals surface area contributed by atoms with Gasteiger partial charge in [0.25, 0.3) is 0 Å². The molecule has 1 aromatic heterocycles. The van der Waals surface area contributed by atoms with Gasteiger partial charge in [-0.1, -0.05) is 0 Å². The molecule has 0 radical (unpaired) electrons. The fourth-order valence-electron chi connectivity index (χ4n) is 1.77. The van der Waals surface area contributed by atoms with Crippen LogP contribution in [0.2, 0.25) is 0 Å². The second-order valence-electron chi connectivity index (χ2n) is 3.67. The third kappa shape index (κ3) is 2.53. The number of hydrogen-bond donors (Lipinski definition) is 1. The predicted octanol–water partition coefficient (Wildman–Crippen LogP) is 1.47. The lowest BCUT2D eigenvalue weighted by atomic mass is 9.94. The molecular formula is C10H15NO2S. The lowest BCUT2D eigenvalue weighted by Crippen LogP contribution is -2.30. The number of rotatable bonds is 3. The van der Waals surface area contributed by atoms with Gasteiger partial charge in [0.1, 0.15) is 0 Å². The normalized spacial score (nSPS) is 24.8. The van der Waals surface area contributed by atoms with Gasteiger partial charge in [-0.15, -0.1) is 11.3 Å². The average molecular weight is 213 g/mol. The lowest BCUT2D eigenvalue weighted by Gasteiger charge is -2.26. The van der Waals surface area contributed by atoms with Gasteiger partial charge < -0.3 is 9.84 Å². The maximum absolute atomic E-state index is 9.93. The highest BCUT2D eigenvalue weighted by atomic mass is 32.1. The molecule has 14 heavy (non-hydrogen) atoms. The molecule has 2 rings (SSSR count). The van der Waals surface area contributed by atoms with Crippen LogP contribution in [0.3, 0.4) is 0 Å². The van der Waals surface area contributed by atoms with Gasteiger partial charge in [0.15, 0.2) is 0 Å². The van der Waals surface area contributed by atoms with Gasteiger partial charge in [-0.05, 0) is 12.8 Å². The van der Waals surface area contributed by atoms with E-state index in [0.717, 1.165) is 24.5 Å². The monoisotopic (exact) mass is 213 g/mol. The summed E-state index contributed by atoms with van der Waals surface area (Å²) in [6, 6.07) is 0. The lowest BCUT2D eigenvalue weighted by molar-refractivity contribution is -0.00848. The minimum Gasteiger partial charge on any atom is -0.392 e. The van der Waals surface area contributed by atoms with Crippen LogP contribution in [0, 0.1) is 5.92 Å². The van der Waals surface area contributed by atoms with Gasteiger partial charge in [-0.3, -0.25) is 0 Å². The van der Waals surface area contributed by atoms with E-state index in [1.807, 2.05) is 5.38 Å². The first-order chi connectivity index (χ1) is 6.86. The maximum Gasteiger partial charge on any atom is 0.0950 e. The van der Waals surface area contributed by atoms with Crippen LogP contribution in [0.4, 0.5) is 0 Å². The van der Waals surface area contributed by atoms with Crippen molar-refractivity contribution < 1.29 is 9.84 Å². The molecule has 2 atom stereocenters. The molecular weight excluding hydrogens is 198 g/mol. The number of nitrogens with zero attached hydrogens (tertiary/aromatic N) is 1. The van der Waals surface area contributed by atoms with Crippen LogP contribution >= 0.6 is 11.3 Å². The first kappa shape index (κ1) is 10.1. The molecule has 0 saturated carbocycles. The van der Waals surface area contributed by atoms with Gasteiger partial charge in [0.05, 0.1) is 17.7 Å². The van der Waals surface area contributed by atoms with E-state index < -0.39 is 0 Å². The van der Waals surface area contributed by atoms with Crippen LogP contribution < -0.4 is 0 Å². The molecule has 1 saturated heterocycles. The van der Waals surface area contributed by atoms with Crippen LogP contribution in [0.5, 0.6) is 0 Å². The second kappa shape index (κ2) is 4.87. The molecule has 0 bridgehead atoms. The highest BCUT2D eigenvalue weighted by molar-refractivity contribution is 7.09. The second-order valence-corrected chi connectivity index (χ2v) is 4.65. The third-order valence-corrected chi connectivity index (χ3v) is 3.41. The molecule has 1 aliphatic rings. The molecule has 0 amide bonds. The third-order valence-electron chi connectivity index (χ3n) is 2.61. The first-order valence-corrected chi connectivity index (χ1v) is 5.88. The van der Waals surface area contributed by atoms with Crippen molar-refractivity contribution in [2.24, 2.45) is 5.92 Å². The Morgan fingerprint density at radius 2 is 2.64 bits per heavy atom. The molecule has 1 aliphatic heterocycles. The van der Waals surface area contributed by atoms with Gasteiger partial charge in [0.2, 0.25) is 0 Å². The van der Waals surface area contributed by atoms with Crippen molar-refractivity contribution >= 4 is 11.3 Å². The molecule has 4 heteroatoms. The van der Waals surface area contributed by atoms with Crippen molar-refractivity contribution in [3.63, 3.8) is 0 Å². The summed E-state index contributed by atoms with van der Waals surface area (Å²) in [4.78, 5) is 4.17. The number of aliphatic hydroxyl groups excluding tert-OH is 1. The number of aromatic nitrogens is 1. The first-order valence-electron chi connectivity index (χ1n) is 5.00. The van der Waals surface area contributed by atoms with E-state index in [9.17, 15) is 5.11 Å². The van der Waals surface area contributed by atoms with Crippen LogP contribution in [-0.4, -0.2) is 29.4 Å². The Bertz CT molecular complexity index is 257. The summed E-state index contributed by atoms with van der Waals surface area (Å²) < 4.78 is 5.35. The molecule has 0 spiro atoms. The van der Waals surface area contributed by atoms with Gasteiger partial charge in [-0.2, -0.15) is 0 Å². The fraction of sp³-hybridized carbons (Fsp3) is 0.700. The zero-order valence-electron chi connectivity index (χ0n) is 8.06. The largest absolute Gasteiger partial charge is 0.392 e. The molecule has 0 aromatic carbocycles. The number of ether oxygens (including phenoxy) is 1. The summed E-state index contributed by atoms with van der Waals surface area (Å²) in [5.74, 6) is 0.299. The Hall–Kier alpha value is -0.450. The maximum atomic E-state index is 9.93. The Morgan fingerprint density at radius 1 is 1.71 bits per heavy atom. The molecule has 78 valence electrons. The molecule has 3 nitrogen and oxygen atoms in total. The zero-order valence-corrected chi connectivity index (χ0v) is 8.87. The summed E-state index contributed by atoms with van der Waals surface area (Å²) >= 11 is 1.60. The van der Waals surface area contributed by atoms with Gasteiger partial charge in [0, 0.05) is 30.5 Å². The van der Waals surface area contributed by atoms with Crippen molar-refractivity contribution in [3.05, 3.63) is 16.6 Å². The van der Waals surface area contributed by atoms with Crippen LogP contribution in [0.1, 0.15) is 17.8 Å². The van der Waals surface area contributed by atoms with Crippen molar-refractivity contribution in [2.45, 2.75) is 25.4 Å². The molecule has 1 fully saturated rings. The summed E-state index contributed by atoms with van der Waals surface area (Å²) in [6.07, 6.45) is 4.31. The van der Waals surface area contributed by atoms with Gasteiger partial charge in [-0.25, -0.2) is 4.98 Å². The van der Waals surface area contributed by atoms with Crippen molar-refractivity contribution in [1.29, 1.82) is 0 Å². The summed E-state index contributed by atoms with van der Waals surface area (Å²) in [5.41, 5.74) is 0. The number of thiazole rings is 1. The van der Waals surface area contributed by atoms with Crippen LogP contribution in [-0.2, 0) is 11.2 Å². The van der Waals surface area contributed by atoms with E-state index in [2.05, 4.69) is 4.98 Å². The zero-order chi connectivity index (χ0) is 9.80. The predicted molar refractivity (Wildman–Crippen MR) is 55.4 cm³/mol. The van der Waals surface area contributed by atoms with E-state index in [4.69, 9.17) is 4.74 Å². The summed E-state index contributed by atoms with van der Waals surface area (Å²) in [6.45, 7) is 1.55. The topological polar surface area (TPSA) is 42.4 Å². The standard InChI is InChI=1S/C10H15NO2S/c12-9(6-10-11-3-5-14-10)8-2-1-4-13-7-8/h3,5,8-9,12H,1-2,4,6-7H2. The minimum absolute atomic E-state index is 0.290. The van der Waals surface area contributed by atoms with Crippen molar-refractivity contribution in [3.8, 4) is 0 Å². The Kier molecular flexibility index (Phi) is 3.50. The van der Waals surface area contributed by atoms with E-state index >= 15 is 0 Å². The van der Waals surface area contributed by atoms with E-state index in [1.54, 1.807) is 17.5 Å². The highest BCUT2D eigenvalue weighted by Gasteiger charge is 2.22. The van der Waals surface area contributed by atoms with E-state index in [0.29, 0.717) is 18.9 Å². The highest BCUT2D eigenvalue weighted by Crippen LogP contribution is 2.20. The Labute approximate surface area is 87.7 Å². The smallest absolute Gasteiger partial charge is 0.0950 e. The van der Waals surface area contributed by atoms with Gasteiger partial charge >= 0.3 is 0 Å². The quantitative estimate of drug-likeness (QED) is 0.827. The number of aliphatic hydroxyl groups is 1. The summed E-state index contributed by atoms with van der Waals surface area (Å²) in [7, 11) is 0. The minimum atomic E-state index is -0.290. The fourth-order valence-corrected chi connectivity index (χ4v) is 2.44. The Morgan fingerprint density at radius 3 is 3.29 bits per heavy atom.